The highest BCUT2D eigenvalue weighted by molar-refractivity contribution is 6.46. The van der Waals surface area contributed by atoms with Crippen molar-refractivity contribution in [3.8, 4) is 0 Å². The first kappa shape index (κ1) is 22.1. The summed E-state index contributed by atoms with van der Waals surface area (Å²) in [4.78, 5) is 27.3. The van der Waals surface area contributed by atoms with Crippen LogP contribution in [0.3, 0.4) is 0 Å². The van der Waals surface area contributed by atoms with Crippen molar-refractivity contribution in [2.24, 2.45) is 0 Å². The number of rotatable bonds is 5. The van der Waals surface area contributed by atoms with Gasteiger partial charge in [-0.1, -0.05) is 59.6 Å². The molecule has 4 rings (SSSR count). The van der Waals surface area contributed by atoms with E-state index in [1.54, 1.807) is 30.3 Å². The van der Waals surface area contributed by atoms with Crippen LogP contribution < -0.4 is 0 Å². The topological polar surface area (TPSA) is 57.6 Å². The van der Waals surface area contributed by atoms with Gasteiger partial charge < -0.3 is 10.0 Å². The molecular formula is C25H18Cl2FNO3. The highest BCUT2D eigenvalue weighted by atomic mass is 35.5. The zero-order valence-electron chi connectivity index (χ0n) is 16.8. The van der Waals surface area contributed by atoms with Gasteiger partial charge in [0.25, 0.3) is 11.7 Å². The van der Waals surface area contributed by atoms with Gasteiger partial charge >= 0.3 is 0 Å². The van der Waals surface area contributed by atoms with Crippen molar-refractivity contribution in [2.75, 3.05) is 6.54 Å². The van der Waals surface area contributed by atoms with Crippen LogP contribution >= 0.6 is 23.2 Å². The number of hydrogen-bond acceptors (Lipinski definition) is 3. The van der Waals surface area contributed by atoms with Crippen molar-refractivity contribution in [3.05, 3.63) is 111 Å². The summed E-state index contributed by atoms with van der Waals surface area (Å²) < 4.78 is 13.6. The first-order valence-electron chi connectivity index (χ1n) is 9.89. The number of amides is 1. The molecule has 162 valence electrons. The first-order chi connectivity index (χ1) is 15.3. The van der Waals surface area contributed by atoms with Crippen LogP contribution in [-0.4, -0.2) is 28.2 Å². The summed E-state index contributed by atoms with van der Waals surface area (Å²) in [6, 6.07) is 18.3. The molecule has 4 nitrogen and oxygen atoms in total. The summed E-state index contributed by atoms with van der Waals surface area (Å²) in [6.07, 6.45) is 0.471. The minimum Gasteiger partial charge on any atom is -0.507 e. The number of carbonyl (C=O) groups is 2. The number of benzene rings is 3. The van der Waals surface area contributed by atoms with Crippen molar-refractivity contribution in [1.29, 1.82) is 0 Å². The van der Waals surface area contributed by atoms with Gasteiger partial charge in [-0.15, -0.1) is 0 Å². The van der Waals surface area contributed by atoms with Crippen molar-refractivity contribution < 1.29 is 19.1 Å². The Morgan fingerprint density at radius 3 is 2.28 bits per heavy atom. The Bertz CT molecular complexity index is 1210. The predicted molar refractivity (Wildman–Crippen MR) is 122 cm³/mol. The van der Waals surface area contributed by atoms with E-state index in [-0.39, 0.29) is 17.9 Å². The summed E-state index contributed by atoms with van der Waals surface area (Å²) in [5.41, 5.74) is 1.72. The molecule has 1 atom stereocenters. The maximum Gasteiger partial charge on any atom is 0.295 e. The number of aliphatic hydroxyl groups excluding tert-OH is 1. The van der Waals surface area contributed by atoms with Gasteiger partial charge in [0, 0.05) is 22.2 Å². The largest absolute Gasteiger partial charge is 0.507 e. The second kappa shape index (κ2) is 9.15. The maximum atomic E-state index is 13.6. The molecule has 1 aliphatic heterocycles. The lowest BCUT2D eigenvalue weighted by atomic mass is 9.95. The van der Waals surface area contributed by atoms with E-state index in [0.717, 1.165) is 5.56 Å². The predicted octanol–water partition coefficient (Wildman–Crippen LogP) is 5.80. The SMILES string of the molecule is O=C1C(=O)N(CCc2ccc(Cl)cc2)C(c2ccc(F)cc2)/C1=C(/O)c1cccc(Cl)c1. The summed E-state index contributed by atoms with van der Waals surface area (Å²) in [6.45, 7) is 0.223. The van der Waals surface area contributed by atoms with E-state index in [9.17, 15) is 19.1 Å². The van der Waals surface area contributed by atoms with E-state index >= 15 is 0 Å². The van der Waals surface area contributed by atoms with E-state index in [0.29, 0.717) is 27.6 Å². The molecule has 0 radical (unpaired) electrons. The summed E-state index contributed by atoms with van der Waals surface area (Å²) >= 11 is 12.0. The highest BCUT2D eigenvalue weighted by Crippen LogP contribution is 2.39. The molecule has 32 heavy (non-hydrogen) atoms. The van der Waals surface area contributed by atoms with Gasteiger partial charge in [0.1, 0.15) is 11.6 Å². The summed E-state index contributed by atoms with van der Waals surface area (Å²) in [7, 11) is 0. The third-order valence-electron chi connectivity index (χ3n) is 5.38. The standard InChI is InChI=1S/C25H18Cl2FNO3/c26-18-8-4-15(5-9-18)12-13-29-22(16-6-10-20(28)11-7-16)21(24(31)25(29)32)23(30)17-2-1-3-19(27)14-17/h1-11,14,22,30H,12-13H2/b23-21-. The fourth-order valence-electron chi connectivity index (χ4n) is 3.79. The lowest BCUT2D eigenvalue weighted by Crippen LogP contribution is -2.31. The molecule has 1 N–H and O–H groups in total. The number of carbonyl (C=O) groups excluding carboxylic acids is 2. The number of halogens is 3. The van der Waals surface area contributed by atoms with Gasteiger partial charge in [0.15, 0.2) is 0 Å². The van der Waals surface area contributed by atoms with Gasteiger partial charge in [0.2, 0.25) is 0 Å². The average Bonchev–Trinajstić information content (AvgIpc) is 3.03. The van der Waals surface area contributed by atoms with Crippen molar-refractivity contribution in [3.63, 3.8) is 0 Å². The number of likely N-dealkylation sites (tertiary alicyclic amines) is 1. The molecule has 3 aromatic carbocycles. The molecule has 1 amide bonds. The minimum atomic E-state index is -0.859. The van der Waals surface area contributed by atoms with Crippen LogP contribution in [0.5, 0.6) is 0 Å². The fraction of sp³-hybridized carbons (Fsp3) is 0.120. The van der Waals surface area contributed by atoms with Crippen LogP contribution in [-0.2, 0) is 16.0 Å². The Morgan fingerprint density at radius 2 is 1.62 bits per heavy atom. The Kier molecular flexibility index (Phi) is 6.31. The Balaban J connectivity index is 1.77. The van der Waals surface area contributed by atoms with Crippen LogP contribution in [0.2, 0.25) is 10.0 Å². The van der Waals surface area contributed by atoms with Crippen LogP contribution in [0, 0.1) is 5.82 Å². The smallest absolute Gasteiger partial charge is 0.295 e. The van der Waals surface area contributed by atoms with Crippen molar-refractivity contribution in [2.45, 2.75) is 12.5 Å². The molecule has 0 bridgehead atoms. The zero-order chi connectivity index (χ0) is 22.8. The molecule has 7 heteroatoms. The van der Waals surface area contributed by atoms with Gasteiger partial charge in [-0.25, -0.2) is 4.39 Å². The van der Waals surface area contributed by atoms with Crippen LogP contribution in [0.1, 0.15) is 22.7 Å². The van der Waals surface area contributed by atoms with E-state index < -0.39 is 23.5 Å². The molecule has 1 heterocycles. The van der Waals surface area contributed by atoms with Gasteiger partial charge in [0.05, 0.1) is 11.6 Å². The van der Waals surface area contributed by atoms with E-state index in [2.05, 4.69) is 0 Å². The van der Waals surface area contributed by atoms with E-state index in [4.69, 9.17) is 23.2 Å². The van der Waals surface area contributed by atoms with Crippen LogP contribution in [0.15, 0.2) is 78.4 Å². The van der Waals surface area contributed by atoms with Gasteiger partial charge in [-0.3, -0.25) is 9.59 Å². The van der Waals surface area contributed by atoms with Gasteiger partial charge in [-0.05, 0) is 53.9 Å². The Hall–Kier alpha value is -3.15. The third kappa shape index (κ3) is 4.40. The van der Waals surface area contributed by atoms with Crippen molar-refractivity contribution in [1.82, 2.24) is 4.90 Å². The first-order valence-corrected chi connectivity index (χ1v) is 10.6. The molecule has 1 aliphatic rings. The quantitative estimate of drug-likeness (QED) is 0.292. The number of aliphatic hydroxyl groups is 1. The molecule has 1 fully saturated rings. The number of nitrogens with zero attached hydrogens (tertiary/aromatic N) is 1. The number of ketones is 1. The highest BCUT2D eigenvalue weighted by Gasteiger charge is 2.45. The van der Waals surface area contributed by atoms with Gasteiger partial charge in [-0.2, -0.15) is 0 Å². The number of Topliss-reactive ketones (excluding diaryl/α,β-unsaturated/α-hetero) is 1. The van der Waals surface area contributed by atoms with Crippen LogP contribution in [0.4, 0.5) is 4.39 Å². The molecule has 0 aromatic heterocycles. The van der Waals surface area contributed by atoms with E-state index in [1.807, 2.05) is 12.1 Å². The second-order valence-electron chi connectivity index (χ2n) is 7.43. The molecule has 1 unspecified atom stereocenters. The number of hydrogen-bond donors (Lipinski definition) is 1. The average molecular weight is 470 g/mol. The van der Waals surface area contributed by atoms with E-state index in [1.165, 1.54) is 35.2 Å². The lowest BCUT2D eigenvalue weighted by Gasteiger charge is -2.25. The molecule has 0 spiro atoms. The minimum absolute atomic E-state index is 0.0556. The normalized spacial score (nSPS) is 17.7. The molecule has 3 aromatic rings. The lowest BCUT2D eigenvalue weighted by molar-refractivity contribution is -0.139. The molecule has 0 aliphatic carbocycles. The monoisotopic (exact) mass is 469 g/mol. The molecule has 0 saturated carbocycles. The van der Waals surface area contributed by atoms with Crippen molar-refractivity contribution >= 4 is 40.7 Å². The summed E-state index contributed by atoms with van der Waals surface area (Å²) in [5.74, 6) is -2.29. The molecule has 1 saturated heterocycles. The fourth-order valence-corrected chi connectivity index (χ4v) is 4.11. The third-order valence-corrected chi connectivity index (χ3v) is 5.87. The molecular weight excluding hydrogens is 452 g/mol. The zero-order valence-corrected chi connectivity index (χ0v) is 18.3. The van der Waals surface area contributed by atoms with Crippen LogP contribution in [0.25, 0.3) is 5.76 Å². The Labute approximate surface area is 194 Å². The second-order valence-corrected chi connectivity index (χ2v) is 8.30. The summed E-state index contributed by atoms with van der Waals surface area (Å²) in [5, 5.41) is 12.0. The maximum absolute atomic E-state index is 13.6. The Morgan fingerprint density at radius 1 is 0.938 bits per heavy atom.